The fraction of sp³-hybridized carbons (Fsp3) is 0.364. The fourth-order valence-corrected chi connectivity index (χ4v) is 3.00. The number of ether oxygens (including phenoxy) is 3. The predicted molar refractivity (Wildman–Crippen MR) is 107 cm³/mol. The van der Waals surface area contributed by atoms with Gasteiger partial charge in [-0.2, -0.15) is 0 Å². The van der Waals surface area contributed by atoms with Gasteiger partial charge >= 0.3 is 5.97 Å². The SMILES string of the molecule is CC(C)(C(=O)NCCc1ccc(OCC(=O)O)cc1)c1ccc2c(c1)OCCO2. The van der Waals surface area contributed by atoms with Crippen LogP contribution in [0.25, 0.3) is 0 Å². The Kier molecular flexibility index (Phi) is 6.26. The highest BCUT2D eigenvalue weighted by Gasteiger charge is 2.30. The van der Waals surface area contributed by atoms with Crippen molar-refractivity contribution < 1.29 is 28.9 Å². The second-order valence-electron chi connectivity index (χ2n) is 7.32. The molecule has 2 N–H and O–H groups in total. The van der Waals surface area contributed by atoms with Crippen molar-refractivity contribution in [2.75, 3.05) is 26.4 Å². The molecule has 3 rings (SSSR count). The molecular formula is C22H25NO6. The van der Waals surface area contributed by atoms with E-state index in [9.17, 15) is 9.59 Å². The lowest BCUT2D eigenvalue weighted by Gasteiger charge is -2.26. The standard InChI is InChI=1S/C22H25NO6/c1-22(2,16-5-8-18-19(13-16)28-12-11-27-18)21(26)23-10-9-15-3-6-17(7-4-15)29-14-20(24)25/h3-8,13H,9-12,14H2,1-2H3,(H,23,26)(H,24,25). The van der Waals surface area contributed by atoms with Crippen molar-refractivity contribution in [2.45, 2.75) is 25.7 Å². The Morgan fingerprint density at radius 3 is 2.45 bits per heavy atom. The number of carboxylic acid groups (broad SMARTS) is 1. The lowest BCUT2D eigenvalue weighted by atomic mass is 9.83. The predicted octanol–water partition coefficient (Wildman–Crippen LogP) is 2.56. The summed E-state index contributed by atoms with van der Waals surface area (Å²) >= 11 is 0. The van der Waals surface area contributed by atoms with Gasteiger partial charge in [0.05, 0.1) is 5.41 Å². The first kappa shape index (κ1) is 20.5. The minimum Gasteiger partial charge on any atom is -0.486 e. The molecule has 2 aromatic rings. The number of nitrogens with one attached hydrogen (secondary N) is 1. The molecule has 1 aliphatic rings. The zero-order chi connectivity index (χ0) is 20.9. The summed E-state index contributed by atoms with van der Waals surface area (Å²) in [5.41, 5.74) is 1.16. The number of hydrogen-bond acceptors (Lipinski definition) is 5. The maximum Gasteiger partial charge on any atom is 0.341 e. The molecule has 0 saturated carbocycles. The highest BCUT2D eigenvalue weighted by Crippen LogP contribution is 2.35. The van der Waals surface area contributed by atoms with Crippen molar-refractivity contribution in [2.24, 2.45) is 0 Å². The number of benzene rings is 2. The zero-order valence-corrected chi connectivity index (χ0v) is 16.6. The highest BCUT2D eigenvalue weighted by molar-refractivity contribution is 5.87. The van der Waals surface area contributed by atoms with Crippen molar-refractivity contribution in [1.82, 2.24) is 5.32 Å². The van der Waals surface area contributed by atoms with Gasteiger partial charge in [0.25, 0.3) is 0 Å². The van der Waals surface area contributed by atoms with E-state index >= 15 is 0 Å². The fourth-order valence-electron chi connectivity index (χ4n) is 3.00. The first-order valence-electron chi connectivity index (χ1n) is 9.48. The summed E-state index contributed by atoms with van der Waals surface area (Å²) in [7, 11) is 0. The normalized spacial score (nSPS) is 12.9. The van der Waals surface area contributed by atoms with Crippen molar-refractivity contribution in [3.8, 4) is 17.2 Å². The molecule has 2 aromatic carbocycles. The summed E-state index contributed by atoms with van der Waals surface area (Å²) in [4.78, 5) is 23.3. The number of carbonyl (C=O) groups is 2. The molecule has 29 heavy (non-hydrogen) atoms. The summed E-state index contributed by atoms with van der Waals surface area (Å²) in [5.74, 6) is 0.778. The van der Waals surface area contributed by atoms with Gasteiger partial charge < -0.3 is 24.6 Å². The van der Waals surface area contributed by atoms with E-state index in [4.69, 9.17) is 19.3 Å². The first-order valence-corrected chi connectivity index (χ1v) is 9.48. The van der Waals surface area contributed by atoms with Crippen LogP contribution in [0.3, 0.4) is 0 Å². The van der Waals surface area contributed by atoms with Crippen LogP contribution in [0, 0.1) is 0 Å². The maximum absolute atomic E-state index is 12.8. The van der Waals surface area contributed by atoms with Crippen LogP contribution < -0.4 is 19.5 Å². The summed E-state index contributed by atoms with van der Waals surface area (Å²) in [6.45, 7) is 4.91. The zero-order valence-electron chi connectivity index (χ0n) is 16.6. The molecule has 7 nitrogen and oxygen atoms in total. The molecule has 1 amide bonds. The summed E-state index contributed by atoms with van der Waals surface area (Å²) in [5, 5.41) is 11.6. The molecule has 1 aliphatic heterocycles. The van der Waals surface area contributed by atoms with Crippen LogP contribution in [0.5, 0.6) is 17.2 Å². The molecule has 0 fully saturated rings. The summed E-state index contributed by atoms with van der Waals surface area (Å²) in [6.07, 6.45) is 0.655. The quantitative estimate of drug-likeness (QED) is 0.709. The number of amides is 1. The third kappa shape index (κ3) is 5.19. The van der Waals surface area contributed by atoms with Gasteiger partial charge in [0.2, 0.25) is 5.91 Å². The van der Waals surface area contributed by atoms with Crippen LogP contribution in [0.4, 0.5) is 0 Å². The van der Waals surface area contributed by atoms with Crippen molar-refractivity contribution in [3.05, 3.63) is 53.6 Å². The Hall–Kier alpha value is -3.22. The monoisotopic (exact) mass is 399 g/mol. The Balaban J connectivity index is 1.53. The molecule has 154 valence electrons. The van der Waals surface area contributed by atoms with Crippen LogP contribution in [-0.4, -0.2) is 43.3 Å². The number of rotatable bonds is 8. The number of carbonyl (C=O) groups excluding carboxylic acids is 1. The number of fused-ring (bicyclic) bond motifs is 1. The molecule has 7 heteroatoms. The summed E-state index contributed by atoms with van der Waals surface area (Å²) in [6, 6.07) is 12.8. The third-order valence-corrected chi connectivity index (χ3v) is 4.82. The molecule has 0 aromatic heterocycles. The first-order chi connectivity index (χ1) is 13.9. The van der Waals surface area contributed by atoms with Gasteiger partial charge in [-0.05, 0) is 55.7 Å². The molecule has 0 aliphatic carbocycles. The molecule has 0 radical (unpaired) electrons. The average Bonchev–Trinajstić information content (AvgIpc) is 2.72. The maximum atomic E-state index is 12.8. The van der Waals surface area contributed by atoms with E-state index < -0.39 is 11.4 Å². The van der Waals surface area contributed by atoms with E-state index in [1.807, 2.05) is 44.2 Å². The average molecular weight is 399 g/mol. The molecule has 0 atom stereocenters. The van der Waals surface area contributed by atoms with Crippen LogP contribution >= 0.6 is 0 Å². The number of aliphatic carboxylic acids is 1. The second kappa shape index (κ2) is 8.86. The Morgan fingerprint density at radius 1 is 1.07 bits per heavy atom. The van der Waals surface area contributed by atoms with Crippen LogP contribution in [-0.2, 0) is 21.4 Å². The Bertz CT molecular complexity index is 875. The molecular weight excluding hydrogens is 374 g/mol. The van der Waals surface area contributed by atoms with Crippen LogP contribution in [0.15, 0.2) is 42.5 Å². The van der Waals surface area contributed by atoms with E-state index in [0.717, 1.165) is 11.1 Å². The van der Waals surface area contributed by atoms with Crippen LogP contribution in [0.1, 0.15) is 25.0 Å². The lowest BCUT2D eigenvalue weighted by molar-refractivity contribution is -0.139. The largest absolute Gasteiger partial charge is 0.486 e. The Labute approximate surface area is 169 Å². The van der Waals surface area contributed by atoms with Gasteiger partial charge in [0.15, 0.2) is 18.1 Å². The molecule has 0 spiro atoms. The number of hydrogen-bond donors (Lipinski definition) is 2. The molecule has 0 bridgehead atoms. The van der Waals surface area contributed by atoms with Gasteiger partial charge in [-0.1, -0.05) is 18.2 Å². The van der Waals surface area contributed by atoms with Gasteiger partial charge in [0, 0.05) is 6.54 Å². The second-order valence-corrected chi connectivity index (χ2v) is 7.32. The minimum absolute atomic E-state index is 0.0735. The van der Waals surface area contributed by atoms with Gasteiger partial charge in [0.1, 0.15) is 19.0 Å². The number of carboxylic acids is 1. The van der Waals surface area contributed by atoms with Crippen LogP contribution in [0.2, 0.25) is 0 Å². The minimum atomic E-state index is -1.02. The smallest absolute Gasteiger partial charge is 0.341 e. The van der Waals surface area contributed by atoms with E-state index in [-0.39, 0.29) is 12.5 Å². The van der Waals surface area contributed by atoms with E-state index in [0.29, 0.717) is 43.4 Å². The van der Waals surface area contributed by atoms with Gasteiger partial charge in [-0.25, -0.2) is 4.79 Å². The molecule has 0 unspecified atom stereocenters. The third-order valence-electron chi connectivity index (χ3n) is 4.82. The van der Waals surface area contributed by atoms with E-state index in [1.165, 1.54) is 0 Å². The van der Waals surface area contributed by atoms with Crippen molar-refractivity contribution in [3.63, 3.8) is 0 Å². The Morgan fingerprint density at radius 2 is 1.76 bits per heavy atom. The van der Waals surface area contributed by atoms with E-state index in [1.54, 1.807) is 12.1 Å². The summed E-state index contributed by atoms with van der Waals surface area (Å²) < 4.78 is 16.3. The lowest BCUT2D eigenvalue weighted by Crippen LogP contribution is -2.41. The molecule has 0 saturated heterocycles. The highest BCUT2D eigenvalue weighted by atomic mass is 16.6. The van der Waals surface area contributed by atoms with Crippen molar-refractivity contribution >= 4 is 11.9 Å². The van der Waals surface area contributed by atoms with Crippen molar-refractivity contribution in [1.29, 1.82) is 0 Å². The topological polar surface area (TPSA) is 94.1 Å². The van der Waals surface area contributed by atoms with E-state index in [2.05, 4.69) is 5.32 Å². The molecule has 1 heterocycles. The van der Waals surface area contributed by atoms with Gasteiger partial charge in [-0.3, -0.25) is 4.79 Å². The van der Waals surface area contributed by atoms with Gasteiger partial charge in [-0.15, -0.1) is 0 Å².